The number of carbonyl (C=O) groups is 1. The van der Waals surface area contributed by atoms with Gasteiger partial charge in [-0.2, -0.15) is 0 Å². The third kappa shape index (κ3) is 2.74. The molecule has 1 aromatic carbocycles. The van der Waals surface area contributed by atoms with E-state index in [-0.39, 0.29) is 17.6 Å². The largest absolute Gasteiger partial charge is 0.460 e. The lowest BCUT2D eigenvalue weighted by Gasteiger charge is -2.34. The molecule has 4 heteroatoms. The molecular weight excluding hydrogens is 256 g/mol. The minimum Gasteiger partial charge on any atom is -0.460 e. The minimum atomic E-state index is -1.84. The van der Waals surface area contributed by atoms with Crippen LogP contribution in [0.2, 0.25) is 18.6 Å². The molecule has 0 aliphatic carbocycles. The van der Waals surface area contributed by atoms with Crippen molar-refractivity contribution < 1.29 is 14.6 Å². The van der Waals surface area contributed by atoms with Crippen molar-refractivity contribution in [1.29, 1.82) is 0 Å². The lowest BCUT2D eigenvalue weighted by Crippen LogP contribution is -2.50. The number of ether oxygens (including phenoxy) is 1. The molecule has 0 aromatic heterocycles. The van der Waals surface area contributed by atoms with Crippen LogP contribution in [-0.4, -0.2) is 31.4 Å². The number of esters is 1. The summed E-state index contributed by atoms with van der Waals surface area (Å²) in [4.78, 5) is 11.7. The number of rotatable bonds is 4. The van der Waals surface area contributed by atoms with Gasteiger partial charge in [-0.05, 0) is 6.42 Å². The third-order valence-corrected chi connectivity index (χ3v) is 8.50. The maximum absolute atomic E-state index is 11.7. The predicted molar refractivity (Wildman–Crippen MR) is 78.1 cm³/mol. The van der Waals surface area contributed by atoms with Crippen LogP contribution in [-0.2, 0) is 9.53 Å². The summed E-state index contributed by atoms with van der Waals surface area (Å²) in [5.41, 5.74) is 0.150. The number of hydrogen-bond donors (Lipinski definition) is 1. The highest BCUT2D eigenvalue weighted by atomic mass is 28.3. The quantitative estimate of drug-likeness (QED) is 0.677. The minimum absolute atomic E-state index is 0.150. The monoisotopic (exact) mass is 278 g/mol. The molecule has 0 bridgehead atoms. The van der Waals surface area contributed by atoms with Gasteiger partial charge in [0.25, 0.3) is 0 Å². The zero-order valence-corrected chi connectivity index (χ0v) is 12.8. The van der Waals surface area contributed by atoms with Crippen LogP contribution in [0.1, 0.15) is 19.8 Å². The van der Waals surface area contributed by atoms with Gasteiger partial charge in [0.1, 0.15) is 6.10 Å². The summed E-state index contributed by atoms with van der Waals surface area (Å²) in [6.45, 7) is 6.43. The summed E-state index contributed by atoms with van der Waals surface area (Å²) >= 11 is 0. The van der Waals surface area contributed by atoms with Gasteiger partial charge < -0.3 is 9.84 Å². The second-order valence-electron chi connectivity index (χ2n) is 5.83. The van der Waals surface area contributed by atoms with Gasteiger partial charge in [0.15, 0.2) is 0 Å². The Hall–Kier alpha value is -1.13. The maximum atomic E-state index is 11.7. The molecule has 1 fully saturated rings. The Morgan fingerprint density at radius 2 is 2.00 bits per heavy atom. The highest BCUT2D eigenvalue weighted by molar-refractivity contribution is 6.91. The molecule has 1 aliphatic heterocycles. The molecular formula is C15H22O3Si. The topological polar surface area (TPSA) is 46.5 Å². The molecule has 104 valence electrons. The first kappa shape index (κ1) is 14.3. The van der Waals surface area contributed by atoms with Crippen LogP contribution in [0.3, 0.4) is 0 Å². The Labute approximate surface area is 115 Å². The Kier molecular flexibility index (Phi) is 4.11. The molecule has 1 aromatic rings. The predicted octanol–water partition coefficient (Wildman–Crippen LogP) is 2.06. The van der Waals surface area contributed by atoms with Crippen molar-refractivity contribution in [3.05, 3.63) is 30.3 Å². The average Bonchev–Trinajstić information content (AvgIpc) is 2.81. The van der Waals surface area contributed by atoms with Crippen molar-refractivity contribution >= 4 is 19.2 Å². The second-order valence-corrected chi connectivity index (χ2v) is 10.6. The fraction of sp³-hybridized carbons (Fsp3) is 0.533. The van der Waals surface area contributed by atoms with Gasteiger partial charge in [0.05, 0.1) is 14.2 Å². The molecule has 1 saturated heterocycles. The highest BCUT2D eigenvalue weighted by Crippen LogP contribution is 2.38. The molecule has 1 N–H and O–H groups in total. The standard InChI is InChI=1S/C15H22O3Si/c1-4-12(16)15-13(10-14(17)18-15)19(2,3)11-8-6-5-7-9-11/h5-9,12-13,15-16H,4,10H2,1-3H3/t12-,13+,15+/m0/s1. The van der Waals surface area contributed by atoms with Crippen molar-refractivity contribution in [3.8, 4) is 0 Å². The Bertz CT molecular complexity index is 444. The van der Waals surface area contributed by atoms with Crippen molar-refractivity contribution in [2.24, 2.45) is 0 Å². The Morgan fingerprint density at radius 1 is 1.37 bits per heavy atom. The van der Waals surface area contributed by atoms with E-state index < -0.39 is 14.2 Å². The average molecular weight is 278 g/mol. The smallest absolute Gasteiger partial charge is 0.306 e. The van der Waals surface area contributed by atoms with E-state index in [0.29, 0.717) is 12.8 Å². The molecule has 1 aliphatic rings. The summed E-state index contributed by atoms with van der Waals surface area (Å²) in [7, 11) is -1.84. The number of cyclic esters (lactones) is 1. The van der Waals surface area contributed by atoms with E-state index in [9.17, 15) is 9.90 Å². The number of benzene rings is 1. The molecule has 0 radical (unpaired) electrons. The maximum Gasteiger partial charge on any atom is 0.306 e. The van der Waals surface area contributed by atoms with Gasteiger partial charge in [-0.25, -0.2) is 0 Å². The normalized spacial score (nSPS) is 25.2. The summed E-state index contributed by atoms with van der Waals surface area (Å²) < 4.78 is 5.38. The molecule has 19 heavy (non-hydrogen) atoms. The van der Waals surface area contributed by atoms with E-state index in [1.807, 2.05) is 25.1 Å². The van der Waals surface area contributed by atoms with E-state index in [1.165, 1.54) is 5.19 Å². The zero-order valence-electron chi connectivity index (χ0n) is 11.8. The van der Waals surface area contributed by atoms with E-state index in [1.54, 1.807) is 0 Å². The first-order valence-electron chi connectivity index (χ1n) is 6.90. The van der Waals surface area contributed by atoms with Gasteiger partial charge in [-0.3, -0.25) is 4.79 Å². The van der Waals surface area contributed by atoms with Crippen molar-refractivity contribution in [2.45, 2.75) is 50.6 Å². The second kappa shape index (κ2) is 5.47. The van der Waals surface area contributed by atoms with E-state index in [4.69, 9.17) is 4.74 Å². The Balaban J connectivity index is 2.30. The molecule has 2 rings (SSSR count). The van der Waals surface area contributed by atoms with Crippen molar-refractivity contribution in [2.75, 3.05) is 0 Å². The van der Waals surface area contributed by atoms with Gasteiger partial charge >= 0.3 is 5.97 Å². The van der Waals surface area contributed by atoms with E-state index in [0.717, 1.165) is 0 Å². The summed E-state index contributed by atoms with van der Waals surface area (Å²) in [6, 6.07) is 10.3. The molecule has 3 nitrogen and oxygen atoms in total. The Morgan fingerprint density at radius 3 is 2.58 bits per heavy atom. The molecule has 3 atom stereocenters. The molecule has 0 unspecified atom stereocenters. The number of aliphatic hydroxyl groups is 1. The third-order valence-electron chi connectivity index (χ3n) is 4.29. The van der Waals surface area contributed by atoms with Crippen LogP contribution in [0.15, 0.2) is 30.3 Å². The van der Waals surface area contributed by atoms with Crippen molar-refractivity contribution in [3.63, 3.8) is 0 Å². The fourth-order valence-electron chi connectivity index (χ4n) is 2.90. The molecule has 1 heterocycles. The van der Waals surface area contributed by atoms with Crippen LogP contribution in [0.4, 0.5) is 0 Å². The fourth-order valence-corrected chi connectivity index (χ4v) is 6.17. The SMILES string of the molecule is CC[C@H](O)[C@H]1OC(=O)C[C@H]1[Si](C)(C)c1ccccc1. The van der Waals surface area contributed by atoms with E-state index >= 15 is 0 Å². The van der Waals surface area contributed by atoms with Gasteiger partial charge in [-0.1, -0.05) is 55.5 Å². The van der Waals surface area contributed by atoms with Crippen LogP contribution in [0.5, 0.6) is 0 Å². The summed E-state index contributed by atoms with van der Waals surface area (Å²) in [6.07, 6.45) is 0.176. The first-order chi connectivity index (χ1) is 8.96. The number of carbonyl (C=O) groups excluding carboxylic acids is 1. The van der Waals surface area contributed by atoms with Gasteiger partial charge in [0.2, 0.25) is 0 Å². The number of hydrogen-bond acceptors (Lipinski definition) is 3. The lowest BCUT2D eigenvalue weighted by molar-refractivity contribution is -0.145. The van der Waals surface area contributed by atoms with Gasteiger partial charge in [-0.15, -0.1) is 0 Å². The van der Waals surface area contributed by atoms with Crippen LogP contribution in [0, 0.1) is 0 Å². The van der Waals surface area contributed by atoms with Crippen LogP contribution < -0.4 is 5.19 Å². The van der Waals surface area contributed by atoms with Crippen LogP contribution in [0.25, 0.3) is 0 Å². The highest BCUT2D eigenvalue weighted by Gasteiger charge is 2.48. The summed E-state index contributed by atoms with van der Waals surface area (Å²) in [5.74, 6) is -0.168. The lowest BCUT2D eigenvalue weighted by atomic mass is 10.1. The summed E-state index contributed by atoms with van der Waals surface area (Å²) in [5, 5.41) is 11.4. The van der Waals surface area contributed by atoms with Gasteiger partial charge in [0, 0.05) is 12.0 Å². The van der Waals surface area contributed by atoms with Crippen molar-refractivity contribution in [1.82, 2.24) is 0 Å². The first-order valence-corrected chi connectivity index (χ1v) is 9.97. The van der Waals surface area contributed by atoms with E-state index in [2.05, 4.69) is 25.2 Å². The molecule has 0 spiro atoms. The van der Waals surface area contributed by atoms with Crippen LogP contribution >= 0.6 is 0 Å². The number of aliphatic hydroxyl groups excluding tert-OH is 1. The molecule has 0 saturated carbocycles. The zero-order chi connectivity index (χ0) is 14.0. The molecule has 0 amide bonds.